The molecule has 7 nitrogen and oxygen atoms in total. The van der Waals surface area contributed by atoms with E-state index in [-0.39, 0.29) is 11.7 Å². The van der Waals surface area contributed by atoms with Crippen LogP contribution >= 0.6 is 0 Å². The molecular weight excluding hydrogens is 246 g/mol. The minimum absolute atomic E-state index is 0.0413. The van der Waals surface area contributed by atoms with E-state index < -0.39 is 5.97 Å². The van der Waals surface area contributed by atoms with Gasteiger partial charge >= 0.3 is 5.97 Å². The first-order valence-electron chi connectivity index (χ1n) is 5.76. The van der Waals surface area contributed by atoms with Crippen LogP contribution in [0.2, 0.25) is 0 Å². The summed E-state index contributed by atoms with van der Waals surface area (Å²) in [6.45, 7) is 1.96. The number of rotatable bonds is 4. The minimum Gasteiger partial charge on any atom is -0.464 e. The number of aryl methyl sites for hydroxylation is 1. The Morgan fingerprint density at radius 3 is 2.95 bits per heavy atom. The SMILES string of the molecule is COC(=O)c1cc(NC(C)c2nncn2C)ccn1. The molecule has 1 unspecified atom stereocenters. The van der Waals surface area contributed by atoms with Crippen molar-refractivity contribution in [1.82, 2.24) is 19.7 Å². The third kappa shape index (κ3) is 2.87. The van der Waals surface area contributed by atoms with E-state index in [9.17, 15) is 4.79 Å². The van der Waals surface area contributed by atoms with E-state index in [2.05, 4.69) is 25.2 Å². The van der Waals surface area contributed by atoms with Gasteiger partial charge in [-0.1, -0.05) is 0 Å². The molecule has 2 aromatic rings. The maximum Gasteiger partial charge on any atom is 0.356 e. The molecule has 2 heterocycles. The molecule has 0 aromatic carbocycles. The Kier molecular flexibility index (Phi) is 3.74. The first-order valence-corrected chi connectivity index (χ1v) is 5.76. The third-order valence-electron chi connectivity index (χ3n) is 2.67. The molecule has 19 heavy (non-hydrogen) atoms. The van der Waals surface area contributed by atoms with Gasteiger partial charge in [-0.2, -0.15) is 0 Å². The van der Waals surface area contributed by atoms with Gasteiger partial charge in [0.2, 0.25) is 0 Å². The number of carbonyl (C=O) groups is 1. The highest BCUT2D eigenvalue weighted by molar-refractivity contribution is 5.88. The summed E-state index contributed by atoms with van der Waals surface area (Å²) >= 11 is 0. The molecule has 0 saturated carbocycles. The molecule has 2 rings (SSSR count). The number of aromatic nitrogens is 4. The lowest BCUT2D eigenvalue weighted by Gasteiger charge is -2.14. The molecule has 0 aliphatic carbocycles. The van der Waals surface area contributed by atoms with Gasteiger partial charge in [0.1, 0.15) is 12.0 Å². The van der Waals surface area contributed by atoms with Crippen LogP contribution in [-0.4, -0.2) is 32.8 Å². The lowest BCUT2D eigenvalue weighted by molar-refractivity contribution is 0.0594. The molecule has 0 radical (unpaired) electrons. The van der Waals surface area contributed by atoms with Crippen LogP contribution in [0.25, 0.3) is 0 Å². The third-order valence-corrected chi connectivity index (χ3v) is 2.67. The van der Waals surface area contributed by atoms with Crippen molar-refractivity contribution in [2.24, 2.45) is 7.05 Å². The van der Waals surface area contributed by atoms with Crippen molar-refractivity contribution in [3.05, 3.63) is 36.2 Å². The fraction of sp³-hybridized carbons (Fsp3) is 0.333. The zero-order valence-corrected chi connectivity index (χ0v) is 11.0. The first kappa shape index (κ1) is 13.0. The molecule has 1 N–H and O–H groups in total. The number of carbonyl (C=O) groups excluding carboxylic acids is 1. The fourth-order valence-corrected chi connectivity index (χ4v) is 1.74. The lowest BCUT2D eigenvalue weighted by atomic mass is 10.2. The Morgan fingerprint density at radius 2 is 2.32 bits per heavy atom. The summed E-state index contributed by atoms with van der Waals surface area (Å²) in [4.78, 5) is 15.3. The molecule has 100 valence electrons. The summed E-state index contributed by atoms with van der Waals surface area (Å²) in [5.74, 6) is 0.339. The van der Waals surface area contributed by atoms with Gasteiger partial charge in [-0.25, -0.2) is 9.78 Å². The number of methoxy groups -OCH3 is 1. The molecule has 7 heteroatoms. The topological polar surface area (TPSA) is 81.9 Å². The lowest BCUT2D eigenvalue weighted by Crippen LogP contribution is -2.13. The van der Waals surface area contributed by atoms with Crippen molar-refractivity contribution in [3.8, 4) is 0 Å². The summed E-state index contributed by atoms with van der Waals surface area (Å²) in [6, 6.07) is 3.37. The molecule has 0 fully saturated rings. The van der Waals surface area contributed by atoms with E-state index in [0.29, 0.717) is 0 Å². The van der Waals surface area contributed by atoms with Crippen molar-refractivity contribution in [1.29, 1.82) is 0 Å². The minimum atomic E-state index is -0.463. The Morgan fingerprint density at radius 1 is 1.53 bits per heavy atom. The maximum absolute atomic E-state index is 11.4. The molecule has 0 bridgehead atoms. The zero-order chi connectivity index (χ0) is 13.8. The van der Waals surface area contributed by atoms with Crippen LogP contribution < -0.4 is 5.32 Å². The predicted molar refractivity (Wildman–Crippen MR) is 68.6 cm³/mol. The molecule has 0 spiro atoms. The van der Waals surface area contributed by atoms with Crippen LogP contribution in [0.1, 0.15) is 29.3 Å². The number of ether oxygens (including phenoxy) is 1. The normalized spacial score (nSPS) is 11.9. The van der Waals surface area contributed by atoms with Crippen LogP contribution in [0.15, 0.2) is 24.7 Å². The van der Waals surface area contributed by atoms with Crippen molar-refractivity contribution in [3.63, 3.8) is 0 Å². The Balaban J connectivity index is 2.15. The van der Waals surface area contributed by atoms with Gasteiger partial charge in [-0.3, -0.25) is 0 Å². The van der Waals surface area contributed by atoms with Gasteiger partial charge in [0, 0.05) is 18.9 Å². The highest BCUT2D eigenvalue weighted by Crippen LogP contribution is 2.17. The van der Waals surface area contributed by atoms with E-state index in [1.807, 2.05) is 18.5 Å². The monoisotopic (exact) mass is 261 g/mol. The van der Waals surface area contributed by atoms with Crippen molar-refractivity contribution < 1.29 is 9.53 Å². The van der Waals surface area contributed by atoms with Gasteiger partial charge in [0.25, 0.3) is 0 Å². The Bertz CT molecular complexity index is 581. The first-order chi connectivity index (χ1) is 9.11. The summed E-state index contributed by atoms with van der Waals surface area (Å²) in [6.07, 6.45) is 3.19. The van der Waals surface area contributed by atoms with Gasteiger partial charge in [-0.05, 0) is 19.1 Å². The van der Waals surface area contributed by atoms with Crippen molar-refractivity contribution >= 4 is 11.7 Å². The van der Waals surface area contributed by atoms with E-state index in [4.69, 9.17) is 0 Å². The summed E-state index contributed by atoms with van der Waals surface area (Å²) in [5, 5.41) is 11.1. The quantitative estimate of drug-likeness (QED) is 0.832. The van der Waals surface area contributed by atoms with Gasteiger partial charge in [0.05, 0.1) is 13.2 Å². The van der Waals surface area contributed by atoms with E-state index in [1.54, 1.807) is 24.7 Å². The Labute approximate surface area is 110 Å². The average Bonchev–Trinajstić information content (AvgIpc) is 2.84. The van der Waals surface area contributed by atoms with E-state index in [0.717, 1.165) is 11.5 Å². The fourth-order valence-electron chi connectivity index (χ4n) is 1.74. The second-order valence-corrected chi connectivity index (χ2v) is 4.09. The molecule has 0 aliphatic rings. The van der Waals surface area contributed by atoms with Gasteiger partial charge in [0.15, 0.2) is 5.82 Å². The summed E-state index contributed by atoms with van der Waals surface area (Å²) < 4.78 is 6.47. The molecular formula is C12H15N5O2. The van der Waals surface area contributed by atoms with Crippen molar-refractivity contribution in [2.75, 3.05) is 12.4 Å². The van der Waals surface area contributed by atoms with E-state index in [1.165, 1.54) is 7.11 Å². The van der Waals surface area contributed by atoms with E-state index >= 15 is 0 Å². The molecule has 0 saturated heterocycles. The standard InChI is InChI=1S/C12H15N5O2/c1-8(11-16-14-7-17(11)2)15-9-4-5-13-10(6-9)12(18)19-3/h4-8H,1-3H3,(H,13,15). The largest absolute Gasteiger partial charge is 0.464 e. The maximum atomic E-state index is 11.4. The number of esters is 1. The second kappa shape index (κ2) is 5.47. The number of pyridine rings is 1. The molecule has 1 atom stereocenters. The van der Waals surface area contributed by atoms with Crippen molar-refractivity contribution in [2.45, 2.75) is 13.0 Å². The number of hydrogen-bond acceptors (Lipinski definition) is 6. The predicted octanol–water partition coefficient (Wildman–Crippen LogP) is 1.17. The molecule has 0 aliphatic heterocycles. The highest BCUT2D eigenvalue weighted by Gasteiger charge is 2.13. The smallest absolute Gasteiger partial charge is 0.356 e. The summed E-state index contributed by atoms with van der Waals surface area (Å²) in [7, 11) is 3.20. The number of nitrogens with zero attached hydrogens (tertiary/aromatic N) is 4. The van der Waals surface area contributed by atoms with Crippen LogP contribution in [0.4, 0.5) is 5.69 Å². The zero-order valence-electron chi connectivity index (χ0n) is 11.0. The number of anilines is 1. The highest BCUT2D eigenvalue weighted by atomic mass is 16.5. The van der Waals surface area contributed by atoms with Crippen LogP contribution in [-0.2, 0) is 11.8 Å². The Hall–Kier alpha value is -2.44. The van der Waals surface area contributed by atoms with Gasteiger partial charge < -0.3 is 14.6 Å². The van der Waals surface area contributed by atoms with Gasteiger partial charge in [-0.15, -0.1) is 10.2 Å². The second-order valence-electron chi connectivity index (χ2n) is 4.09. The molecule has 0 amide bonds. The summed E-state index contributed by atoms with van der Waals surface area (Å²) in [5.41, 5.74) is 1.03. The van der Waals surface area contributed by atoms with Crippen LogP contribution in [0.3, 0.4) is 0 Å². The number of nitrogens with one attached hydrogen (secondary N) is 1. The van der Waals surface area contributed by atoms with Crippen LogP contribution in [0, 0.1) is 0 Å². The molecule has 2 aromatic heterocycles. The number of hydrogen-bond donors (Lipinski definition) is 1. The van der Waals surface area contributed by atoms with Crippen LogP contribution in [0.5, 0.6) is 0 Å². The average molecular weight is 261 g/mol.